The van der Waals surface area contributed by atoms with Gasteiger partial charge in [0.25, 0.3) is 0 Å². The normalized spacial score (nSPS) is 16.8. The summed E-state index contributed by atoms with van der Waals surface area (Å²) in [5.41, 5.74) is 1.74. The van der Waals surface area contributed by atoms with Crippen molar-refractivity contribution in [1.29, 1.82) is 0 Å². The van der Waals surface area contributed by atoms with E-state index in [0.29, 0.717) is 0 Å². The Hall–Kier alpha value is -1.89. The van der Waals surface area contributed by atoms with E-state index in [9.17, 15) is 18.0 Å². The molecule has 1 aromatic carbocycles. The molecule has 1 amide bonds. The molecule has 2 rings (SSSR count). The molecule has 0 radical (unpaired) electrons. The van der Waals surface area contributed by atoms with Crippen LogP contribution >= 0.6 is 0 Å². The van der Waals surface area contributed by atoms with Crippen molar-refractivity contribution in [2.75, 3.05) is 17.2 Å². The van der Waals surface area contributed by atoms with E-state index in [1.807, 2.05) is 0 Å². The van der Waals surface area contributed by atoms with Crippen LogP contribution in [-0.2, 0) is 19.4 Å². The van der Waals surface area contributed by atoms with Crippen LogP contribution in [0.2, 0.25) is 0 Å². The molecule has 0 atom stereocenters. The Balaban J connectivity index is 2.67. The fraction of sp³-hybridized carbons (Fsp3) is 0.333. The Bertz CT molecular complexity index is 678. The smallest absolute Gasteiger partial charge is 0.394 e. The zero-order valence-electron chi connectivity index (χ0n) is 10.5. The third-order valence-corrected chi connectivity index (χ3v) is 4.93. The van der Waals surface area contributed by atoms with E-state index in [2.05, 4.69) is 0 Å². The zero-order valence-corrected chi connectivity index (χ0v) is 11.3. The molecule has 1 N–H and O–H groups in total. The number of hydrogen-bond acceptors (Lipinski definition) is 4. The predicted octanol–water partition coefficient (Wildman–Crippen LogP) is 0.508. The molecule has 0 unspecified atom stereocenters. The number of rotatable bonds is 0. The molecule has 19 heavy (non-hydrogen) atoms. The highest BCUT2D eigenvalue weighted by Crippen LogP contribution is 2.33. The van der Waals surface area contributed by atoms with Crippen molar-refractivity contribution in [3.05, 3.63) is 23.3 Å². The average molecular weight is 283 g/mol. The first-order valence-electron chi connectivity index (χ1n) is 5.63. The summed E-state index contributed by atoms with van der Waals surface area (Å²) in [6.45, 7) is 3.41. The van der Waals surface area contributed by atoms with Crippen LogP contribution in [0.4, 0.5) is 5.69 Å². The van der Waals surface area contributed by atoms with Crippen LogP contribution < -0.4 is 4.90 Å². The second-order valence-corrected chi connectivity index (χ2v) is 6.56. The Kier molecular flexibility index (Phi) is 3.09. The molecule has 0 aliphatic carbocycles. The molecule has 0 saturated heterocycles. The van der Waals surface area contributed by atoms with Gasteiger partial charge in [-0.3, -0.25) is 4.79 Å². The highest BCUT2D eigenvalue weighted by molar-refractivity contribution is 7.91. The summed E-state index contributed by atoms with van der Waals surface area (Å²) in [5, 5.41) is 8.77. The molecule has 7 heteroatoms. The van der Waals surface area contributed by atoms with Gasteiger partial charge in [0.2, 0.25) is 0 Å². The topological polar surface area (TPSA) is 91.8 Å². The van der Waals surface area contributed by atoms with Gasteiger partial charge in [-0.15, -0.1) is 0 Å². The Morgan fingerprint density at radius 3 is 2.37 bits per heavy atom. The minimum atomic E-state index is -3.46. The summed E-state index contributed by atoms with van der Waals surface area (Å²) in [6, 6.07) is 3.03. The fourth-order valence-corrected chi connectivity index (χ4v) is 3.49. The van der Waals surface area contributed by atoms with E-state index in [4.69, 9.17) is 5.11 Å². The lowest BCUT2D eigenvalue weighted by Gasteiger charge is -2.28. The number of nitrogens with zero attached hydrogens (tertiary/aromatic N) is 1. The summed E-state index contributed by atoms with van der Waals surface area (Å²) in [7, 11) is -3.46. The second-order valence-electron chi connectivity index (χ2n) is 4.49. The fourth-order valence-electron chi connectivity index (χ4n) is 2.00. The minimum absolute atomic E-state index is 0.0245. The average Bonchev–Trinajstić information content (AvgIpc) is 2.31. The van der Waals surface area contributed by atoms with Crippen LogP contribution in [-0.4, -0.2) is 37.7 Å². The first-order chi connectivity index (χ1) is 8.74. The molecule has 6 nitrogen and oxygen atoms in total. The van der Waals surface area contributed by atoms with Gasteiger partial charge in [-0.1, -0.05) is 0 Å². The number of aliphatic carboxylic acids is 1. The zero-order chi connectivity index (χ0) is 14.4. The van der Waals surface area contributed by atoms with E-state index in [-0.39, 0.29) is 22.9 Å². The predicted molar refractivity (Wildman–Crippen MR) is 68.0 cm³/mol. The maximum atomic E-state index is 12.0. The van der Waals surface area contributed by atoms with E-state index in [1.165, 1.54) is 6.07 Å². The van der Waals surface area contributed by atoms with Crippen molar-refractivity contribution < 1.29 is 23.1 Å². The lowest BCUT2D eigenvalue weighted by Crippen LogP contribution is -2.43. The summed E-state index contributed by atoms with van der Waals surface area (Å²) in [5.74, 6) is -2.97. The van der Waals surface area contributed by atoms with Gasteiger partial charge in [-0.05, 0) is 37.1 Å². The summed E-state index contributed by atoms with van der Waals surface area (Å²) in [6.07, 6.45) is 0. The van der Waals surface area contributed by atoms with Gasteiger partial charge >= 0.3 is 11.9 Å². The van der Waals surface area contributed by atoms with Crippen molar-refractivity contribution in [2.24, 2.45) is 0 Å². The molecular formula is C12H13NO5S. The van der Waals surface area contributed by atoms with Crippen molar-refractivity contribution in [1.82, 2.24) is 0 Å². The number of sulfone groups is 1. The lowest BCUT2D eigenvalue weighted by molar-refractivity contribution is -0.148. The SMILES string of the molecule is Cc1cc2c(cc1C)S(=O)(=O)CCN2C(=O)C(=O)O. The number of carbonyl (C=O) groups is 2. The van der Waals surface area contributed by atoms with Crippen LogP contribution in [0.15, 0.2) is 17.0 Å². The Labute approximate surface area is 110 Å². The molecule has 0 saturated carbocycles. The van der Waals surface area contributed by atoms with Crippen LogP contribution in [0.3, 0.4) is 0 Å². The van der Waals surface area contributed by atoms with Gasteiger partial charge < -0.3 is 10.0 Å². The van der Waals surface area contributed by atoms with Crippen LogP contribution in [0.5, 0.6) is 0 Å². The molecular weight excluding hydrogens is 270 g/mol. The largest absolute Gasteiger partial charge is 0.474 e. The van der Waals surface area contributed by atoms with Crippen LogP contribution in [0.25, 0.3) is 0 Å². The summed E-state index contributed by atoms with van der Waals surface area (Å²) >= 11 is 0. The van der Waals surface area contributed by atoms with Crippen LogP contribution in [0, 0.1) is 13.8 Å². The number of amides is 1. The Morgan fingerprint density at radius 1 is 1.21 bits per heavy atom. The number of carboxylic acids is 1. The number of anilines is 1. The third-order valence-electron chi connectivity index (χ3n) is 3.21. The van der Waals surface area contributed by atoms with E-state index >= 15 is 0 Å². The molecule has 0 aromatic heterocycles. The van der Waals surface area contributed by atoms with E-state index in [1.54, 1.807) is 19.9 Å². The molecule has 0 bridgehead atoms. The second kappa shape index (κ2) is 4.34. The number of carbonyl (C=O) groups excluding carboxylic acids is 1. The number of fused-ring (bicyclic) bond motifs is 1. The van der Waals surface area contributed by atoms with Gasteiger partial charge in [0.15, 0.2) is 9.84 Å². The number of carboxylic acid groups (broad SMARTS) is 1. The molecule has 0 fully saturated rings. The summed E-state index contributed by atoms with van der Waals surface area (Å²) in [4.78, 5) is 23.4. The quantitative estimate of drug-likeness (QED) is 0.700. The molecule has 1 aliphatic rings. The molecule has 1 heterocycles. The maximum Gasteiger partial charge on any atom is 0.394 e. The first kappa shape index (κ1) is 13.5. The van der Waals surface area contributed by atoms with Crippen molar-refractivity contribution in [3.63, 3.8) is 0 Å². The summed E-state index contributed by atoms with van der Waals surface area (Å²) < 4.78 is 24.0. The number of hydrogen-bond donors (Lipinski definition) is 1. The van der Waals surface area contributed by atoms with Gasteiger partial charge in [0.1, 0.15) is 0 Å². The standard InChI is InChI=1S/C12H13NO5S/c1-7-5-9-10(6-8(7)2)19(17,18)4-3-13(9)11(14)12(15)16/h5-6H,3-4H2,1-2H3,(H,15,16). The molecule has 1 aromatic rings. The molecule has 1 aliphatic heterocycles. The van der Waals surface area contributed by atoms with Gasteiger partial charge in [0.05, 0.1) is 16.3 Å². The van der Waals surface area contributed by atoms with Gasteiger partial charge in [-0.25, -0.2) is 13.2 Å². The highest BCUT2D eigenvalue weighted by atomic mass is 32.2. The highest BCUT2D eigenvalue weighted by Gasteiger charge is 2.34. The Morgan fingerprint density at radius 2 is 1.79 bits per heavy atom. The van der Waals surface area contributed by atoms with Crippen LogP contribution in [0.1, 0.15) is 11.1 Å². The third kappa shape index (κ3) is 2.21. The molecule has 0 spiro atoms. The van der Waals surface area contributed by atoms with Crippen molar-refractivity contribution in [3.8, 4) is 0 Å². The number of benzene rings is 1. The van der Waals surface area contributed by atoms with E-state index in [0.717, 1.165) is 16.0 Å². The van der Waals surface area contributed by atoms with Crippen molar-refractivity contribution in [2.45, 2.75) is 18.7 Å². The van der Waals surface area contributed by atoms with Gasteiger partial charge in [0, 0.05) is 6.54 Å². The van der Waals surface area contributed by atoms with Crippen molar-refractivity contribution >= 4 is 27.4 Å². The molecule has 102 valence electrons. The first-order valence-corrected chi connectivity index (χ1v) is 7.28. The van der Waals surface area contributed by atoms with E-state index < -0.39 is 21.7 Å². The number of aryl methyl sites for hydroxylation is 2. The van der Waals surface area contributed by atoms with Gasteiger partial charge in [-0.2, -0.15) is 0 Å². The lowest BCUT2D eigenvalue weighted by atomic mass is 10.1. The minimum Gasteiger partial charge on any atom is -0.474 e. The monoisotopic (exact) mass is 283 g/mol. The maximum absolute atomic E-state index is 12.0.